The molecule has 1 rings (SSSR count). The van der Waals surface area contributed by atoms with Gasteiger partial charge < -0.3 is 5.11 Å². The molecule has 0 spiro atoms. The molecule has 1 unspecified atom stereocenters. The molecule has 0 aliphatic rings. The molecule has 0 aromatic heterocycles. The molecule has 1 atom stereocenters. The van der Waals surface area contributed by atoms with Crippen molar-refractivity contribution in [2.24, 2.45) is 0 Å². The average Bonchev–Trinajstić information content (AvgIpc) is 2.19. The maximum atomic E-state index is 9.66. The monoisotopic (exact) mass is 213 g/mol. The van der Waals surface area contributed by atoms with Gasteiger partial charge in [-0.3, -0.25) is 4.90 Å². The zero-order valence-electron chi connectivity index (χ0n) is 8.79. The number of hydrogen-bond acceptors (Lipinski definition) is 2. The molecular formula is C11H16ClNO. The van der Waals surface area contributed by atoms with Gasteiger partial charge in [-0.2, -0.15) is 0 Å². The molecule has 1 aromatic rings. The molecular weight excluding hydrogens is 198 g/mol. The van der Waals surface area contributed by atoms with Gasteiger partial charge in [0, 0.05) is 16.6 Å². The lowest BCUT2D eigenvalue weighted by Crippen LogP contribution is -2.21. The van der Waals surface area contributed by atoms with Crippen molar-refractivity contribution in [1.82, 2.24) is 4.90 Å². The number of hydrogen-bond donors (Lipinski definition) is 1. The third kappa shape index (κ3) is 2.40. The standard InChI is InChI=1S/C11H16ClNO/c1-4-13(3)8(2)10-7-9(12)5-6-11(10)14/h5-8,14H,4H2,1-3H3. The number of phenols is 1. The maximum absolute atomic E-state index is 9.66. The van der Waals surface area contributed by atoms with Crippen LogP contribution in [0.4, 0.5) is 0 Å². The summed E-state index contributed by atoms with van der Waals surface area (Å²) in [6.07, 6.45) is 0. The summed E-state index contributed by atoms with van der Waals surface area (Å²) in [6.45, 7) is 5.07. The highest BCUT2D eigenvalue weighted by Gasteiger charge is 2.13. The van der Waals surface area contributed by atoms with E-state index in [2.05, 4.69) is 18.7 Å². The molecule has 3 heteroatoms. The van der Waals surface area contributed by atoms with Gasteiger partial charge in [0.2, 0.25) is 0 Å². The van der Waals surface area contributed by atoms with E-state index in [1.165, 1.54) is 0 Å². The molecule has 0 radical (unpaired) electrons. The van der Waals surface area contributed by atoms with Crippen LogP contribution < -0.4 is 0 Å². The third-order valence-electron chi connectivity index (χ3n) is 2.60. The van der Waals surface area contributed by atoms with Gasteiger partial charge in [-0.1, -0.05) is 18.5 Å². The van der Waals surface area contributed by atoms with Crippen molar-refractivity contribution >= 4 is 11.6 Å². The number of aromatic hydroxyl groups is 1. The van der Waals surface area contributed by atoms with Crippen molar-refractivity contribution in [2.45, 2.75) is 19.9 Å². The Balaban J connectivity index is 2.99. The average molecular weight is 214 g/mol. The zero-order chi connectivity index (χ0) is 10.7. The summed E-state index contributed by atoms with van der Waals surface area (Å²) < 4.78 is 0. The van der Waals surface area contributed by atoms with E-state index in [4.69, 9.17) is 11.6 Å². The van der Waals surface area contributed by atoms with E-state index in [9.17, 15) is 5.11 Å². The minimum Gasteiger partial charge on any atom is -0.508 e. The summed E-state index contributed by atoms with van der Waals surface area (Å²) in [4.78, 5) is 2.14. The predicted molar refractivity (Wildman–Crippen MR) is 59.8 cm³/mol. The first-order chi connectivity index (χ1) is 6.56. The summed E-state index contributed by atoms with van der Waals surface area (Å²) in [6, 6.07) is 5.32. The van der Waals surface area contributed by atoms with Gasteiger partial charge in [-0.05, 0) is 38.7 Å². The van der Waals surface area contributed by atoms with E-state index in [1.807, 2.05) is 13.1 Å². The molecule has 1 N–H and O–H groups in total. The first-order valence-corrected chi connectivity index (χ1v) is 5.12. The van der Waals surface area contributed by atoms with Crippen LogP contribution in [0.15, 0.2) is 18.2 Å². The Kier molecular flexibility index (Phi) is 3.78. The normalized spacial score (nSPS) is 13.2. The zero-order valence-corrected chi connectivity index (χ0v) is 9.54. The van der Waals surface area contributed by atoms with Crippen LogP contribution in [0.2, 0.25) is 5.02 Å². The number of halogens is 1. The number of nitrogens with zero attached hydrogens (tertiary/aromatic N) is 1. The van der Waals surface area contributed by atoms with Gasteiger partial charge in [-0.15, -0.1) is 0 Å². The lowest BCUT2D eigenvalue weighted by molar-refractivity contribution is 0.270. The molecule has 0 aliphatic carbocycles. The Morgan fingerprint density at radius 3 is 2.71 bits per heavy atom. The van der Waals surface area contributed by atoms with Crippen LogP contribution in [0.5, 0.6) is 5.75 Å². The van der Waals surface area contributed by atoms with E-state index < -0.39 is 0 Å². The van der Waals surface area contributed by atoms with Crippen molar-refractivity contribution in [2.75, 3.05) is 13.6 Å². The number of rotatable bonds is 3. The minimum atomic E-state index is 0.179. The summed E-state index contributed by atoms with van der Waals surface area (Å²) in [5.74, 6) is 0.308. The lowest BCUT2D eigenvalue weighted by Gasteiger charge is -2.24. The molecule has 14 heavy (non-hydrogen) atoms. The quantitative estimate of drug-likeness (QED) is 0.834. The summed E-state index contributed by atoms with van der Waals surface area (Å²) in [5.41, 5.74) is 0.877. The molecule has 2 nitrogen and oxygen atoms in total. The predicted octanol–water partition coefficient (Wildman–Crippen LogP) is 3.06. The maximum Gasteiger partial charge on any atom is 0.120 e. The van der Waals surface area contributed by atoms with E-state index in [0.717, 1.165) is 12.1 Å². The van der Waals surface area contributed by atoms with E-state index in [1.54, 1.807) is 12.1 Å². The molecule has 0 saturated heterocycles. The van der Waals surface area contributed by atoms with Crippen LogP contribution in [0.3, 0.4) is 0 Å². The third-order valence-corrected chi connectivity index (χ3v) is 2.83. The Hall–Kier alpha value is -0.730. The van der Waals surface area contributed by atoms with Crippen molar-refractivity contribution in [3.63, 3.8) is 0 Å². The number of benzene rings is 1. The van der Waals surface area contributed by atoms with E-state index >= 15 is 0 Å². The minimum absolute atomic E-state index is 0.179. The van der Waals surface area contributed by atoms with Gasteiger partial charge in [0.05, 0.1) is 0 Å². The van der Waals surface area contributed by atoms with Gasteiger partial charge in [0.15, 0.2) is 0 Å². The van der Waals surface area contributed by atoms with Crippen molar-refractivity contribution < 1.29 is 5.11 Å². The second-order valence-electron chi connectivity index (χ2n) is 3.45. The first-order valence-electron chi connectivity index (χ1n) is 4.75. The van der Waals surface area contributed by atoms with Crippen LogP contribution in [-0.4, -0.2) is 23.6 Å². The Labute approximate surface area is 90.1 Å². The smallest absolute Gasteiger partial charge is 0.120 e. The molecule has 0 aliphatic heterocycles. The molecule has 1 aromatic carbocycles. The van der Waals surface area contributed by atoms with Crippen LogP contribution in [0.1, 0.15) is 25.5 Å². The van der Waals surface area contributed by atoms with Crippen LogP contribution in [-0.2, 0) is 0 Å². The van der Waals surface area contributed by atoms with Crippen molar-refractivity contribution in [3.8, 4) is 5.75 Å². The van der Waals surface area contributed by atoms with E-state index in [0.29, 0.717) is 10.8 Å². The highest BCUT2D eigenvalue weighted by molar-refractivity contribution is 6.30. The van der Waals surface area contributed by atoms with E-state index in [-0.39, 0.29) is 6.04 Å². The van der Waals surface area contributed by atoms with Gasteiger partial charge in [0.25, 0.3) is 0 Å². The fourth-order valence-electron chi connectivity index (χ4n) is 1.37. The Bertz CT molecular complexity index is 314. The summed E-state index contributed by atoms with van der Waals surface area (Å²) >= 11 is 5.88. The summed E-state index contributed by atoms with van der Waals surface area (Å²) in [7, 11) is 2.02. The molecule has 78 valence electrons. The van der Waals surface area contributed by atoms with Gasteiger partial charge in [0.1, 0.15) is 5.75 Å². The number of phenolic OH excluding ortho intramolecular Hbond substituents is 1. The van der Waals surface area contributed by atoms with Crippen LogP contribution >= 0.6 is 11.6 Å². The van der Waals surface area contributed by atoms with Crippen molar-refractivity contribution in [3.05, 3.63) is 28.8 Å². The molecule has 0 heterocycles. The highest BCUT2D eigenvalue weighted by atomic mass is 35.5. The molecule has 0 fully saturated rings. The second kappa shape index (κ2) is 4.67. The topological polar surface area (TPSA) is 23.5 Å². The largest absolute Gasteiger partial charge is 0.508 e. The summed E-state index contributed by atoms with van der Waals surface area (Å²) in [5, 5.41) is 10.3. The van der Waals surface area contributed by atoms with Gasteiger partial charge in [-0.25, -0.2) is 0 Å². The fraction of sp³-hybridized carbons (Fsp3) is 0.455. The molecule has 0 amide bonds. The Morgan fingerprint density at radius 1 is 1.50 bits per heavy atom. The van der Waals surface area contributed by atoms with Crippen LogP contribution in [0, 0.1) is 0 Å². The lowest BCUT2D eigenvalue weighted by atomic mass is 10.1. The molecule has 0 bridgehead atoms. The first kappa shape index (κ1) is 11.3. The second-order valence-corrected chi connectivity index (χ2v) is 3.89. The van der Waals surface area contributed by atoms with Crippen LogP contribution in [0.25, 0.3) is 0 Å². The fourth-order valence-corrected chi connectivity index (χ4v) is 1.55. The van der Waals surface area contributed by atoms with Gasteiger partial charge >= 0.3 is 0 Å². The van der Waals surface area contributed by atoms with Crippen molar-refractivity contribution in [1.29, 1.82) is 0 Å². The molecule has 0 saturated carbocycles. The highest BCUT2D eigenvalue weighted by Crippen LogP contribution is 2.29. The SMILES string of the molecule is CCN(C)C(C)c1cc(Cl)ccc1O. The Morgan fingerprint density at radius 2 is 2.14 bits per heavy atom.